The maximum atomic E-state index is 13.4. The van der Waals surface area contributed by atoms with E-state index in [4.69, 9.17) is 4.74 Å². The predicted molar refractivity (Wildman–Crippen MR) is 111 cm³/mol. The number of hydrogen-bond acceptors (Lipinski definition) is 4. The van der Waals surface area contributed by atoms with Crippen LogP contribution >= 0.6 is 0 Å². The van der Waals surface area contributed by atoms with Crippen LogP contribution < -0.4 is 0 Å². The molecule has 3 heterocycles. The van der Waals surface area contributed by atoms with Gasteiger partial charge in [-0.25, -0.2) is 0 Å². The maximum absolute atomic E-state index is 13.4. The number of piperidine rings is 1. The van der Waals surface area contributed by atoms with E-state index >= 15 is 0 Å². The summed E-state index contributed by atoms with van der Waals surface area (Å²) in [4.78, 5) is 16.8. The Kier molecular flexibility index (Phi) is 6.33. The van der Waals surface area contributed by atoms with Crippen LogP contribution in [0.1, 0.15) is 59.1 Å². The Bertz CT molecular complexity index is 858. The minimum Gasteiger partial charge on any atom is -0.462 e. The minimum absolute atomic E-state index is 0.0368. The van der Waals surface area contributed by atoms with E-state index < -0.39 is 24.4 Å². The Morgan fingerprint density at radius 1 is 1.23 bits per heavy atom. The van der Waals surface area contributed by atoms with E-state index in [-0.39, 0.29) is 18.9 Å². The van der Waals surface area contributed by atoms with Gasteiger partial charge in [0.05, 0.1) is 5.70 Å². The molecule has 0 unspecified atom stereocenters. The summed E-state index contributed by atoms with van der Waals surface area (Å²) in [6, 6.07) is 3.14. The number of ether oxygens (including phenoxy) is 1. The second kappa shape index (κ2) is 8.47. The number of esters is 1. The van der Waals surface area contributed by atoms with E-state index in [9.17, 15) is 18.6 Å². The molecule has 3 rings (SSSR count). The number of aromatic nitrogens is 1. The molecule has 0 amide bonds. The van der Waals surface area contributed by atoms with Crippen molar-refractivity contribution >= 4 is 25.2 Å². The van der Waals surface area contributed by atoms with Gasteiger partial charge in [-0.15, -0.1) is 10.3 Å². The van der Waals surface area contributed by atoms with E-state index in [2.05, 4.69) is 4.99 Å². The van der Waals surface area contributed by atoms with Crippen LogP contribution in [0.4, 0.5) is 8.63 Å². The van der Waals surface area contributed by atoms with Crippen molar-refractivity contribution in [1.29, 1.82) is 0 Å². The first-order valence-corrected chi connectivity index (χ1v) is 10.1. The molecule has 2 aliphatic rings. The molecule has 1 aromatic heterocycles. The summed E-state index contributed by atoms with van der Waals surface area (Å²) in [5, 5.41) is 13.5. The van der Waals surface area contributed by atoms with Crippen molar-refractivity contribution in [3.05, 3.63) is 41.9 Å². The van der Waals surface area contributed by atoms with Crippen molar-refractivity contribution in [2.75, 3.05) is 0 Å². The molecule has 0 N–H and O–H groups in total. The molecule has 1 saturated heterocycles. The molecule has 0 spiro atoms. The number of allylic oxidation sites excluding steroid dienone is 3. The van der Waals surface area contributed by atoms with Gasteiger partial charge in [-0.05, 0) is 64.6 Å². The SMILES string of the molecule is CC1(C)CC(OC(=O)CC/C(=C2\C=CC=N2)c2cccn2B(F)F)CC(C)(C)N1[O]. The lowest BCUT2D eigenvalue weighted by molar-refractivity contribution is -0.299. The molecule has 0 aliphatic carbocycles. The van der Waals surface area contributed by atoms with E-state index in [1.807, 2.05) is 27.7 Å². The summed E-state index contributed by atoms with van der Waals surface area (Å²) < 4.78 is 33.3. The van der Waals surface area contributed by atoms with E-state index in [0.29, 0.717) is 29.8 Å². The number of carbonyl (C=O) groups is 1. The Morgan fingerprint density at radius 3 is 2.47 bits per heavy atom. The lowest BCUT2D eigenvalue weighted by atomic mass is 9.80. The zero-order chi connectivity index (χ0) is 22.1. The first kappa shape index (κ1) is 22.4. The van der Waals surface area contributed by atoms with Gasteiger partial charge in [0, 0.05) is 47.8 Å². The summed E-state index contributed by atoms with van der Waals surface area (Å²) in [5.41, 5.74) is 0.184. The van der Waals surface area contributed by atoms with Gasteiger partial charge in [-0.3, -0.25) is 18.4 Å². The first-order valence-electron chi connectivity index (χ1n) is 10.1. The normalized spacial score (nSPS) is 22.4. The molecule has 0 bridgehead atoms. The molecule has 1 aromatic rings. The lowest BCUT2D eigenvalue weighted by Gasteiger charge is -2.49. The molecular weight excluding hydrogens is 391 g/mol. The van der Waals surface area contributed by atoms with Crippen LogP contribution in [0.15, 0.2) is 41.2 Å². The van der Waals surface area contributed by atoms with Crippen molar-refractivity contribution < 1.29 is 23.4 Å². The number of aliphatic imine (C=N–C) groups is 1. The van der Waals surface area contributed by atoms with Crippen LogP contribution in [0.25, 0.3) is 5.57 Å². The highest BCUT2D eigenvalue weighted by Crippen LogP contribution is 2.38. The van der Waals surface area contributed by atoms with Gasteiger partial charge in [0.2, 0.25) is 0 Å². The summed E-state index contributed by atoms with van der Waals surface area (Å²) >= 11 is 0. The minimum atomic E-state index is -2.69. The third kappa shape index (κ3) is 4.73. The topological polar surface area (TPSA) is 66.7 Å². The maximum Gasteiger partial charge on any atom is 0.677 e. The third-order valence-electron chi connectivity index (χ3n) is 5.59. The van der Waals surface area contributed by atoms with Gasteiger partial charge in [0.25, 0.3) is 0 Å². The fourth-order valence-corrected chi connectivity index (χ4v) is 4.41. The van der Waals surface area contributed by atoms with Crippen LogP contribution in [0, 0.1) is 0 Å². The molecule has 6 nitrogen and oxygen atoms in total. The van der Waals surface area contributed by atoms with Gasteiger partial charge in [-0.1, -0.05) is 0 Å². The Balaban J connectivity index is 1.70. The molecule has 1 radical (unpaired) electrons. The average Bonchev–Trinajstić information content (AvgIpc) is 3.31. The molecule has 0 saturated carbocycles. The number of rotatable bonds is 6. The zero-order valence-electron chi connectivity index (χ0n) is 17.8. The van der Waals surface area contributed by atoms with E-state index in [0.717, 1.165) is 9.54 Å². The largest absolute Gasteiger partial charge is 0.677 e. The summed E-state index contributed by atoms with van der Waals surface area (Å²) in [7, 11) is -2.69. The second-order valence-electron chi connectivity index (χ2n) is 9.02. The molecule has 30 heavy (non-hydrogen) atoms. The van der Waals surface area contributed by atoms with Crippen LogP contribution in [0.3, 0.4) is 0 Å². The molecular formula is C21H27BF2N3O3. The van der Waals surface area contributed by atoms with Crippen LogP contribution in [0.2, 0.25) is 0 Å². The zero-order valence-corrected chi connectivity index (χ0v) is 17.8. The van der Waals surface area contributed by atoms with Crippen molar-refractivity contribution in [1.82, 2.24) is 9.54 Å². The Morgan fingerprint density at radius 2 is 1.90 bits per heavy atom. The van der Waals surface area contributed by atoms with Crippen LogP contribution in [0.5, 0.6) is 0 Å². The number of hydrogen-bond donors (Lipinski definition) is 0. The van der Waals surface area contributed by atoms with Crippen molar-refractivity contribution in [3.63, 3.8) is 0 Å². The molecule has 9 heteroatoms. The molecule has 0 atom stereocenters. The van der Waals surface area contributed by atoms with Crippen molar-refractivity contribution in [3.8, 4) is 0 Å². The molecule has 161 valence electrons. The quantitative estimate of drug-likeness (QED) is 0.511. The number of nitrogens with zero attached hydrogens (tertiary/aromatic N) is 3. The molecule has 0 aromatic carbocycles. The standard InChI is InChI=1S/C21H27BF2N3O3/c1-20(2)13-15(14-21(3,4)27(20)29)30-19(28)10-9-16(17-7-5-11-25-17)18-8-6-12-26(18)22(23)24/h5-8,11-12,15H,9-10,13-14H2,1-4H3/b17-16-. The monoisotopic (exact) mass is 418 g/mol. The van der Waals surface area contributed by atoms with Gasteiger partial charge < -0.3 is 9.21 Å². The third-order valence-corrected chi connectivity index (χ3v) is 5.59. The highest BCUT2D eigenvalue weighted by molar-refractivity contribution is 6.41. The first-order chi connectivity index (χ1) is 14.0. The molecule has 2 aliphatic heterocycles. The fraction of sp³-hybridized carbons (Fsp3) is 0.524. The van der Waals surface area contributed by atoms with Gasteiger partial charge in [0.1, 0.15) is 6.10 Å². The smallest absolute Gasteiger partial charge is 0.462 e. The predicted octanol–water partition coefficient (Wildman–Crippen LogP) is 4.30. The lowest BCUT2D eigenvalue weighted by Crippen LogP contribution is -2.60. The Labute approximate surface area is 176 Å². The number of carbonyl (C=O) groups excluding carboxylic acids is 1. The summed E-state index contributed by atoms with van der Waals surface area (Å²) in [5.74, 6) is -0.412. The van der Waals surface area contributed by atoms with Gasteiger partial charge in [-0.2, -0.15) is 0 Å². The highest BCUT2D eigenvalue weighted by Gasteiger charge is 2.47. The number of halogens is 2. The highest BCUT2D eigenvalue weighted by atomic mass is 19.2. The van der Waals surface area contributed by atoms with Crippen molar-refractivity contribution in [2.24, 2.45) is 4.99 Å². The number of hydroxylamine groups is 2. The second-order valence-corrected chi connectivity index (χ2v) is 9.02. The average molecular weight is 418 g/mol. The van der Waals surface area contributed by atoms with Crippen LogP contribution in [-0.4, -0.2) is 46.3 Å². The van der Waals surface area contributed by atoms with Gasteiger partial charge >= 0.3 is 13.4 Å². The van der Waals surface area contributed by atoms with Crippen molar-refractivity contribution in [2.45, 2.75) is 70.6 Å². The molecule has 1 fully saturated rings. The Hall–Kier alpha value is -2.26. The summed E-state index contributed by atoms with van der Waals surface area (Å²) in [6.45, 7) is 7.36. The van der Waals surface area contributed by atoms with E-state index in [1.54, 1.807) is 30.5 Å². The van der Waals surface area contributed by atoms with E-state index in [1.165, 1.54) is 6.20 Å². The summed E-state index contributed by atoms with van der Waals surface area (Å²) in [6.07, 6.45) is 7.14. The van der Waals surface area contributed by atoms with Crippen LogP contribution in [-0.2, 0) is 14.7 Å². The fourth-order valence-electron chi connectivity index (χ4n) is 4.41. The van der Waals surface area contributed by atoms with Gasteiger partial charge in [0.15, 0.2) is 0 Å².